The van der Waals surface area contributed by atoms with Gasteiger partial charge in [-0.2, -0.15) is 0 Å². The normalized spacial score (nSPS) is 13.0. The minimum absolute atomic E-state index is 0.731. The van der Waals surface area contributed by atoms with E-state index in [1.54, 1.807) is 13.0 Å². The molecular formula is C5H6BrCl. The Hall–Kier alpha value is 0.250. The van der Waals surface area contributed by atoms with Gasteiger partial charge in [-0.05, 0) is 22.9 Å². The average molecular weight is 181 g/mol. The van der Waals surface area contributed by atoms with E-state index in [-0.39, 0.29) is 0 Å². The van der Waals surface area contributed by atoms with Gasteiger partial charge in [-0.15, -0.1) is 0 Å². The lowest BCUT2D eigenvalue weighted by atomic mass is 10.5. The zero-order valence-corrected chi connectivity index (χ0v) is 6.38. The van der Waals surface area contributed by atoms with E-state index in [1.165, 1.54) is 0 Å². The zero-order valence-electron chi connectivity index (χ0n) is 4.04. The Balaban J connectivity index is 3.98. The summed E-state index contributed by atoms with van der Waals surface area (Å²) in [5.41, 5.74) is 0. The molecule has 0 heterocycles. The molecule has 0 rings (SSSR count). The molecule has 0 nitrogen and oxygen atoms in total. The molecule has 0 aliphatic rings. The first kappa shape index (κ1) is 7.25. The molecule has 0 amide bonds. The van der Waals surface area contributed by atoms with Gasteiger partial charge in [0.25, 0.3) is 0 Å². The van der Waals surface area contributed by atoms with Crippen molar-refractivity contribution in [2.75, 3.05) is 0 Å². The molecule has 0 radical (unpaired) electrons. The van der Waals surface area contributed by atoms with Gasteiger partial charge in [0.2, 0.25) is 0 Å². The van der Waals surface area contributed by atoms with E-state index in [0.29, 0.717) is 0 Å². The lowest BCUT2D eigenvalue weighted by Crippen LogP contribution is -1.60. The maximum absolute atomic E-state index is 5.49. The van der Waals surface area contributed by atoms with E-state index >= 15 is 0 Å². The van der Waals surface area contributed by atoms with Gasteiger partial charge < -0.3 is 0 Å². The van der Waals surface area contributed by atoms with Crippen LogP contribution in [0.5, 0.6) is 0 Å². The van der Waals surface area contributed by atoms with Crippen LogP contribution in [0.2, 0.25) is 0 Å². The lowest BCUT2D eigenvalue weighted by molar-refractivity contribution is 1.65. The van der Waals surface area contributed by atoms with E-state index in [0.717, 1.165) is 9.51 Å². The van der Waals surface area contributed by atoms with Crippen molar-refractivity contribution in [1.29, 1.82) is 0 Å². The van der Waals surface area contributed by atoms with E-state index in [1.807, 2.05) is 0 Å². The number of halogens is 2. The first-order valence-corrected chi connectivity index (χ1v) is 3.00. The SMILES string of the molecule is C=C/C(Br)=C(\C)Cl. The molecule has 0 unspecified atom stereocenters. The Kier molecular flexibility index (Phi) is 3.39. The third-order valence-electron chi connectivity index (χ3n) is 0.508. The van der Waals surface area contributed by atoms with Crippen LogP contribution >= 0.6 is 27.5 Å². The van der Waals surface area contributed by atoms with Gasteiger partial charge in [0, 0.05) is 9.51 Å². The number of hydrogen-bond acceptors (Lipinski definition) is 0. The summed E-state index contributed by atoms with van der Waals surface area (Å²) in [5, 5.41) is 0.731. The fourth-order valence-electron chi connectivity index (χ4n) is 0.141. The molecule has 0 aliphatic carbocycles. The maximum Gasteiger partial charge on any atom is 0.0311 e. The highest BCUT2D eigenvalue weighted by molar-refractivity contribution is 9.12. The molecule has 0 spiro atoms. The quantitative estimate of drug-likeness (QED) is 0.546. The van der Waals surface area contributed by atoms with Crippen molar-refractivity contribution in [3.8, 4) is 0 Å². The van der Waals surface area contributed by atoms with Crippen LogP contribution in [0.4, 0.5) is 0 Å². The summed E-state index contributed by atoms with van der Waals surface area (Å²) in [6.07, 6.45) is 1.66. The summed E-state index contributed by atoms with van der Waals surface area (Å²) in [6.45, 7) is 5.29. The number of rotatable bonds is 1. The summed E-state index contributed by atoms with van der Waals surface area (Å²) in [7, 11) is 0. The van der Waals surface area contributed by atoms with Crippen LogP contribution in [0.25, 0.3) is 0 Å². The lowest BCUT2D eigenvalue weighted by Gasteiger charge is -1.85. The molecule has 0 aliphatic heterocycles. The number of hydrogen-bond donors (Lipinski definition) is 0. The van der Waals surface area contributed by atoms with Crippen molar-refractivity contribution in [3.63, 3.8) is 0 Å². The Labute approximate surface area is 57.0 Å². The molecular weight excluding hydrogens is 175 g/mol. The van der Waals surface area contributed by atoms with Gasteiger partial charge in [-0.1, -0.05) is 24.3 Å². The molecule has 0 saturated heterocycles. The highest BCUT2D eigenvalue weighted by atomic mass is 79.9. The summed E-state index contributed by atoms with van der Waals surface area (Å²) >= 11 is 8.66. The highest BCUT2D eigenvalue weighted by Gasteiger charge is 1.84. The highest BCUT2D eigenvalue weighted by Crippen LogP contribution is 2.14. The van der Waals surface area contributed by atoms with Crippen molar-refractivity contribution in [1.82, 2.24) is 0 Å². The Morgan fingerprint density at radius 2 is 2.29 bits per heavy atom. The smallest absolute Gasteiger partial charge is 0.0311 e. The Morgan fingerprint density at radius 1 is 1.86 bits per heavy atom. The number of allylic oxidation sites excluding steroid dienone is 3. The van der Waals surface area contributed by atoms with Crippen LogP contribution in [0.15, 0.2) is 22.2 Å². The van der Waals surface area contributed by atoms with E-state index in [4.69, 9.17) is 11.6 Å². The van der Waals surface area contributed by atoms with Gasteiger partial charge in [0.1, 0.15) is 0 Å². The second-order valence-corrected chi connectivity index (χ2v) is 2.51. The van der Waals surface area contributed by atoms with Gasteiger partial charge in [0.15, 0.2) is 0 Å². The average Bonchev–Trinajstić information content (AvgIpc) is 1.65. The van der Waals surface area contributed by atoms with Gasteiger partial charge >= 0.3 is 0 Å². The molecule has 0 atom stereocenters. The fraction of sp³-hybridized carbons (Fsp3) is 0.200. The van der Waals surface area contributed by atoms with Crippen LogP contribution in [0.1, 0.15) is 6.92 Å². The second kappa shape index (κ2) is 3.28. The fourth-order valence-corrected chi connectivity index (χ4v) is 0.218. The zero-order chi connectivity index (χ0) is 5.86. The minimum Gasteiger partial charge on any atom is -0.0979 e. The van der Waals surface area contributed by atoms with Crippen LogP contribution in [-0.4, -0.2) is 0 Å². The van der Waals surface area contributed by atoms with Gasteiger partial charge in [0.05, 0.1) is 0 Å². The molecule has 0 aromatic carbocycles. The predicted octanol–water partition coefficient (Wildman–Crippen LogP) is 3.04. The van der Waals surface area contributed by atoms with Gasteiger partial charge in [-0.25, -0.2) is 0 Å². The van der Waals surface area contributed by atoms with Crippen molar-refractivity contribution < 1.29 is 0 Å². The minimum atomic E-state index is 0.731. The van der Waals surface area contributed by atoms with Crippen molar-refractivity contribution in [2.45, 2.75) is 6.92 Å². The molecule has 0 aromatic heterocycles. The van der Waals surface area contributed by atoms with E-state index < -0.39 is 0 Å². The summed E-state index contributed by atoms with van der Waals surface area (Å²) < 4.78 is 0.856. The van der Waals surface area contributed by atoms with Crippen LogP contribution in [0, 0.1) is 0 Å². The molecule has 0 N–H and O–H groups in total. The van der Waals surface area contributed by atoms with Crippen molar-refractivity contribution in [3.05, 3.63) is 22.2 Å². The molecule has 40 valence electrons. The Morgan fingerprint density at radius 3 is 2.29 bits per heavy atom. The van der Waals surface area contributed by atoms with Crippen molar-refractivity contribution in [2.24, 2.45) is 0 Å². The monoisotopic (exact) mass is 180 g/mol. The largest absolute Gasteiger partial charge is 0.0979 e. The predicted molar refractivity (Wildman–Crippen MR) is 37.7 cm³/mol. The maximum atomic E-state index is 5.49. The standard InChI is InChI=1S/C5H6BrCl/c1-3-5(6)4(2)7/h3H,1H2,2H3/b5-4-. The molecule has 2 heteroatoms. The second-order valence-electron chi connectivity index (χ2n) is 1.09. The van der Waals surface area contributed by atoms with Gasteiger partial charge in [-0.3, -0.25) is 0 Å². The summed E-state index contributed by atoms with van der Waals surface area (Å²) in [6, 6.07) is 0. The van der Waals surface area contributed by atoms with E-state index in [2.05, 4.69) is 22.5 Å². The van der Waals surface area contributed by atoms with Crippen LogP contribution < -0.4 is 0 Å². The first-order valence-electron chi connectivity index (χ1n) is 1.82. The van der Waals surface area contributed by atoms with Crippen LogP contribution in [-0.2, 0) is 0 Å². The third kappa shape index (κ3) is 2.89. The molecule has 0 saturated carbocycles. The molecule has 7 heavy (non-hydrogen) atoms. The molecule has 0 bridgehead atoms. The van der Waals surface area contributed by atoms with E-state index in [9.17, 15) is 0 Å². The van der Waals surface area contributed by atoms with Crippen molar-refractivity contribution >= 4 is 27.5 Å². The first-order chi connectivity index (χ1) is 3.18. The summed E-state index contributed by atoms with van der Waals surface area (Å²) in [4.78, 5) is 0. The van der Waals surface area contributed by atoms with Crippen LogP contribution in [0.3, 0.4) is 0 Å². The molecule has 0 fully saturated rings. The third-order valence-corrected chi connectivity index (χ3v) is 1.86. The topological polar surface area (TPSA) is 0 Å². The summed E-state index contributed by atoms with van der Waals surface area (Å²) in [5.74, 6) is 0. The molecule has 0 aromatic rings. The Bertz CT molecular complexity index is 101.